The van der Waals surface area contributed by atoms with Crippen LogP contribution in [0.25, 0.3) is 0 Å². The lowest BCUT2D eigenvalue weighted by atomic mass is 9.97. The van der Waals surface area contributed by atoms with Crippen molar-refractivity contribution in [1.29, 1.82) is 0 Å². The van der Waals surface area contributed by atoms with Gasteiger partial charge in [0, 0.05) is 18.9 Å². The molecule has 1 aromatic heterocycles. The molecular weight excluding hydrogens is 343 g/mol. The van der Waals surface area contributed by atoms with Crippen molar-refractivity contribution in [2.45, 2.75) is 44.7 Å². The number of alkyl halides is 3. The van der Waals surface area contributed by atoms with Crippen LogP contribution in [0, 0.1) is 0 Å². The maximum absolute atomic E-state index is 13.4. The topological polar surface area (TPSA) is 38.2 Å². The summed E-state index contributed by atoms with van der Waals surface area (Å²) in [6.45, 7) is 2.01. The predicted octanol–water partition coefficient (Wildman–Crippen LogP) is 5.32. The summed E-state index contributed by atoms with van der Waals surface area (Å²) in [6.07, 6.45) is 1.06. The third-order valence-corrected chi connectivity index (χ3v) is 4.75. The van der Waals surface area contributed by atoms with E-state index in [1.807, 2.05) is 24.3 Å². The summed E-state index contributed by atoms with van der Waals surface area (Å²) in [6, 6.07) is 7.62. The van der Waals surface area contributed by atoms with Crippen molar-refractivity contribution in [1.82, 2.24) is 9.97 Å². The van der Waals surface area contributed by atoms with Gasteiger partial charge in [0.1, 0.15) is 5.56 Å². The average Bonchev–Trinajstić information content (AvgIpc) is 3.15. The maximum Gasteiger partial charge on any atom is 0.421 e. The number of hydrogen-bond acceptors (Lipinski definition) is 4. The van der Waals surface area contributed by atoms with Gasteiger partial charge in [-0.2, -0.15) is 18.2 Å². The first-order chi connectivity index (χ1) is 12.4. The van der Waals surface area contributed by atoms with Crippen LogP contribution in [-0.2, 0) is 6.18 Å². The Balaban J connectivity index is 1.92. The summed E-state index contributed by atoms with van der Waals surface area (Å²) in [5.74, 6) is 0.341. The molecule has 1 aliphatic carbocycles. The van der Waals surface area contributed by atoms with E-state index in [4.69, 9.17) is 4.74 Å². The van der Waals surface area contributed by atoms with E-state index < -0.39 is 11.7 Å². The van der Waals surface area contributed by atoms with Crippen molar-refractivity contribution in [3.8, 4) is 6.01 Å². The molecule has 4 nitrogen and oxygen atoms in total. The number of anilines is 2. The summed E-state index contributed by atoms with van der Waals surface area (Å²) in [5.41, 5.74) is 0.995. The third-order valence-electron chi connectivity index (χ3n) is 4.75. The number of nitrogens with zero attached hydrogens (tertiary/aromatic N) is 3. The molecule has 0 bridgehead atoms. The maximum atomic E-state index is 13.4. The highest BCUT2D eigenvalue weighted by atomic mass is 19.4. The molecule has 0 spiro atoms. The molecule has 7 heteroatoms. The second-order valence-electron chi connectivity index (χ2n) is 6.45. The fraction of sp³-hybridized carbons (Fsp3) is 0.474. The van der Waals surface area contributed by atoms with Gasteiger partial charge in [-0.1, -0.05) is 25.0 Å². The Labute approximate surface area is 151 Å². The highest BCUT2D eigenvalue weighted by Gasteiger charge is 2.36. The van der Waals surface area contributed by atoms with Gasteiger partial charge in [0.05, 0.1) is 6.61 Å². The molecule has 1 aliphatic rings. The van der Waals surface area contributed by atoms with E-state index in [0.29, 0.717) is 11.6 Å². The molecule has 0 atom stereocenters. The zero-order valence-corrected chi connectivity index (χ0v) is 14.9. The lowest BCUT2D eigenvalue weighted by Gasteiger charge is -2.23. The molecule has 0 radical (unpaired) electrons. The minimum Gasteiger partial charge on any atom is -0.464 e. The van der Waals surface area contributed by atoms with E-state index in [1.54, 1.807) is 14.0 Å². The smallest absolute Gasteiger partial charge is 0.421 e. The van der Waals surface area contributed by atoms with Crippen LogP contribution in [0.4, 0.5) is 24.7 Å². The van der Waals surface area contributed by atoms with Gasteiger partial charge in [-0.15, -0.1) is 0 Å². The largest absolute Gasteiger partial charge is 0.464 e. The number of ether oxygens (including phenoxy) is 1. The SMILES string of the molecule is CCOc1ncc(C(F)(F)F)c(N(C)c2ccc(C3CCCC3)cc2)n1. The van der Waals surface area contributed by atoms with Gasteiger partial charge in [-0.3, -0.25) is 0 Å². The first-order valence-electron chi connectivity index (χ1n) is 8.81. The van der Waals surface area contributed by atoms with Crippen molar-refractivity contribution in [2.24, 2.45) is 0 Å². The summed E-state index contributed by atoms with van der Waals surface area (Å²) < 4.78 is 45.3. The average molecular weight is 365 g/mol. The summed E-state index contributed by atoms with van der Waals surface area (Å²) in [5, 5.41) is 0. The zero-order chi connectivity index (χ0) is 18.7. The monoisotopic (exact) mass is 365 g/mol. The molecule has 3 rings (SSSR count). The molecule has 1 heterocycles. The molecule has 0 amide bonds. The van der Waals surface area contributed by atoms with Crippen molar-refractivity contribution in [3.63, 3.8) is 0 Å². The van der Waals surface area contributed by atoms with Gasteiger partial charge < -0.3 is 9.64 Å². The minimum atomic E-state index is -4.54. The van der Waals surface area contributed by atoms with E-state index in [2.05, 4.69) is 9.97 Å². The fourth-order valence-corrected chi connectivity index (χ4v) is 3.36. The molecule has 2 aromatic rings. The van der Waals surface area contributed by atoms with Crippen LogP contribution in [0.15, 0.2) is 30.5 Å². The third kappa shape index (κ3) is 3.92. The quantitative estimate of drug-likeness (QED) is 0.719. The fourth-order valence-electron chi connectivity index (χ4n) is 3.36. The van der Waals surface area contributed by atoms with Crippen molar-refractivity contribution in [3.05, 3.63) is 41.6 Å². The summed E-state index contributed by atoms with van der Waals surface area (Å²) in [7, 11) is 1.57. The molecule has 0 aliphatic heterocycles. The number of halogens is 3. The Bertz CT molecular complexity index is 741. The molecule has 140 valence electrons. The number of hydrogen-bond donors (Lipinski definition) is 0. The number of rotatable bonds is 5. The molecule has 0 N–H and O–H groups in total. The highest BCUT2D eigenvalue weighted by Crippen LogP contribution is 2.39. The van der Waals surface area contributed by atoms with E-state index in [0.717, 1.165) is 6.20 Å². The van der Waals surface area contributed by atoms with E-state index >= 15 is 0 Å². The number of aromatic nitrogens is 2. The minimum absolute atomic E-state index is 0.0649. The number of benzene rings is 1. The second-order valence-corrected chi connectivity index (χ2v) is 6.45. The first-order valence-corrected chi connectivity index (χ1v) is 8.81. The highest BCUT2D eigenvalue weighted by molar-refractivity contribution is 5.63. The Kier molecular flexibility index (Phi) is 5.34. The summed E-state index contributed by atoms with van der Waals surface area (Å²) >= 11 is 0. The Hall–Kier alpha value is -2.31. The van der Waals surface area contributed by atoms with Crippen LogP contribution >= 0.6 is 0 Å². The van der Waals surface area contributed by atoms with Crippen LogP contribution in [-0.4, -0.2) is 23.6 Å². The van der Waals surface area contributed by atoms with Gasteiger partial charge in [0.2, 0.25) is 0 Å². The standard InChI is InChI=1S/C19H22F3N3O/c1-3-26-18-23-12-16(19(20,21)22)17(24-18)25(2)15-10-8-14(9-11-15)13-6-4-5-7-13/h8-13H,3-7H2,1-2H3. The van der Waals surface area contributed by atoms with E-state index in [9.17, 15) is 13.2 Å². The zero-order valence-electron chi connectivity index (χ0n) is 14.9. The molecule has 1 fully saturated rings. The van der Waals surface area contributed by atoms with Crippen LogP contribution < -0.4 is 9.64 Å². The summed E-state index contributed by atoms with van der Waals surface area (Å²) in [4.78, 5) is 9.06. The van der Waals surface area contributed by atoms with Crippen molar-refractivity contribution in [2.75, 3.05) is 18.6 Å². The molecule has 1 saturated carbocycles. The van der Waals surface area contributed by atoms with Crippen molar-refractivity contribution < 1.29 is 17.9 Å². The lowest BCUT2D eigenvalue weighted by Crippen LogP contribution is -2.19. The molecule has 0 saturated heterocycles. The van der Waals surface area contributed by atoms with Crippen LogP contribution in [0.3, 0.4) is 0 Å². The van der Waals surface area contributed by atoms with Crippen LogP contribution in [0.2, 0.25) is 0 Å². The Morgan fingerprint density at radius 3 is 2.38 bits per heavy atom. The normalized spacial score (nSPS) is 15.3. The van der Waals surface area contributed by atoms with Crippen LogP contribution in [0.5, 0.6) is 6.01 Å². The Morgan fingerprint density at radius 1 is 1.15 bits per heavy atom. The first kappa shape index (κ1) is 18.5. The van der Waals surface area contributed by atoms with Gasteiger partial charge in [0.15, 0.2) is 5.82 Å². The lowest BCUT2D eigenvalue weighted by molar-refractivity contribution is -0.137. The van der Waals surface area contributed by atoms with Gasteiger partial charge >= 0.3 is 12.2 Å². The van der Waals surface area contributed by atoms with Gasteiger partial charge in [-0.05, 0) is 43.4 Å². The molecular formula is C19H22F3N3O. The predicted molar refractivity (Wildman–Crippen MR) is 93.9 cm³/mol. The second kappa shape index (κ2) is 7.51. The molecule has 0 unspecified atom stereocenters. The van der Waals surface area contributed by atoms with Gasteiger partial charge in [0.25, 0.3) is 0 Å². The van der Waals surface area contributed by atoms with E-state index in [-0.39, 0.29) is 18.4 Å². The molecule has 1 aromatic carbocycles. The van der Waals surface area contributed by atoms with Crippen LogP contribution in [0.1, 0.15) is 49.7 Å². The molecule has 26 heavy (non-hydrogen) atoms. The van der Waals surface area contributed by atoms with Crippen molar-refractivity contribution >= 4 is 11.5 Å². The van der Waals surface area contributed by atoms with E-state index in [1.165, 1.54) is 36.1 Å². The Morgan fingerprint density at radius 2 is 1.81 bits per heavy atom. The van der Waals surface area contributed by atoms with Gasteiger partial charge in [-0.25, -0.2) is 4.98 Å².